The van der Waals surface area contributed by atoms with E-state index in [0.29, 0.717) is 11.5 Å². The molecule has 0 unspecified atom stereocenters. The molecule has 4 nitrogen and oxygen atoms in total. The molecule has 7 rings (SSSR count). The van der Waals surface area contributed by atoms with E-state index in [0.717, 1.165) is 49.6 Å². The molecule has 0 aliphatic heterocycles. The summed E-state index contributed by atoms with van der Waals surface area (Å²) in [7, 11) is 0. The van der Waals surface area contributed by atoms with Gasteiger partial charge < -0.3 is 9.40 Å². The monoisotopic (exact) mass is 411 g/mol. The van der Waals surface area contributed by atoms with E-state index in [-0.39, 0.29) is 0 Å². The van der Waals surface area contributed by atoms with Crippen molar-refractivity contribution in [3.63, 3.8) is 0 Å². The van der Waals surface area contributed by atoms with Gasteiger partial charge in [-0.25, -0.2) is 4.98 Å². The Bertz CT molecular complexity index is 1780. The lowest BCUT2D eigenvalue weighted by Crippen LogP contribution is -1.93. The summed E-state index contributed by atoms with van der Waals surface area (Å²) >= 11 is 0. The fourth-order valence-corrected chi connectivity index (χ4v) is 4.54. The second-order valence-electron chi connectivity index (χ2n) is 7.97. The third-order valence-electron chi connectivity index (χ3n) is 6.05. The number of nitrogens with one attached hydrogen (secondary N) is 1. The van der Waals surface area contributed by atoms with Crippen LogP contribution in [0.15, 0.2) is 101 Å². The highest BCUT2D eigenvalue weighted by Gasteiger charge is 2.18. The van der Waals surface area contributed by atoms with Gasteiger partial charge >= 0.3 is 0 Å². The first-order chi connectivity index (χ1) is 15.8. The van der Waals surface area contributed by atoms with Crippen molar-refractivity contribution in [1.82, 2.24) is 15.0 Å². The second kappa shape index (κ2) is 6.53. The minimum absolute atomic E-state index is 0.606. The van der Waals surface area contributed by atoms with Crippen molar-refractivity contribution in [3.05, 3.63) is 97.1 Å². The molecule has 0 bridgehead atoms. The van der Waals surface area contributed by atoms with E-state index in [1.165, 1.54) is 5.39 Å². The van der Waals surface area contributed by atoms with Crippen molar-refractivity contribution in [1.29, 1.82) is 0 Å². The molecule has 3 heterocycles. The first-order valence-corrected chi connectivity index (χ1v) is 10.6. The van der Waals surface area contributed by atoms with Gasteiger partial charge in [0.2, 0.25) is 5.71 Å². The van der Waals surface area contributed by atoms with Crippen LogP contribution < -0.4 is 0 Å². The SMILES string of the molecule is c1ccc(-c2nc(-c3ccc4[nH]c5ccccc5c4c3)nc3oc4ccccc4c23)cc1. The first-order valence-electron chi connectivity index (χ1n) is 10.6. The van der Waals surface area contributed by atoms with Crippen molar-refractivity contribution < 1.29 is 4.42 Å². The molecule has 7 aromatic rings. The number of hydrogen-bond donors (Lipinski definition) is 1. The lowest BCUT2D eigenvalue weighted by molar-refractivity contribution is 0.653. The first kappa shape index (κ1) is 17.3. The molecule has 0 saturated heterocycles. The molecule has 0 aliphatic rings. The maximum Gasteiger partial charge on any atom is 0.231 e. The third-order valence-corrected chi connectivity index (χ3v) is 6.05. The van der Waals surface area contributed by atoms with Crippen LogP contribution in [0.1, 0.15) is 0 Å². The smallest absolute Gasteiger partial charge is 0.231 e. The normalized spacial score (nSPS) is 11.8. The average Bonchev–Trinajstić information content (AvgIpc) is 3.41. The van der Waals surface area contributed by atoms with E-state index in [4.69, 9.17) is 14.4 Å². The number of aromatic nitrogens is 3. The minimum atomic E-state index is 0.606. The van der Waals surface area contributed by atoms with Crippen LogP contribution in [0.2, 0.25) is 0 Å². The largest absolute Gasteiger partial charge is 0.438 e. The summed E-state index contributed by atoms with van der Waals surface area (Å²) < 4.78 is 6.16. The van der Waals surface area contributed by atoms with E-state index in [9.17, 15) is 0 Å². The fraction of sp³-hybridized carbons (Fsp3) is 0. The van der Waals surface area contributed by atoms with Gasteiger partial charge in [0.05, 0.1) is 11.1 Å². The molecule has 0 spiro atoms. The summed E-state index contributed by atoms with van der Waals surface area (Å²) in [5.41, 5.74) is 6.53. The predicted molar refractivity (Wildman–Crippen MR) is 130 cm³/mol. The summed E-state index contributed by atoms with van der Waals surface area (Å²) in [5.74, 6) is 0.655. The number of furan rings is 1. The van der Waals surface area contributed by atoms with Gasteiger partial charge in [-0.15, -0.1) is 0 Å². The van der Waals surface area contributed by atoms with E-state index >= 15 is 0 Å². The lowest BCUT2D eigenvalue weighted by Gasteiger charge is -2.07. The number of hydrogen-bond acceptors (Lipinski definition) is 3. The van der Waals surface area contributed by atoms with Gasteiger partial charge in [-0.2, -0.15) is 4.98 Å². The summed E-state index contributed by atoms with van der Waals surface area (Å²) in [4.78, 5) is 13.4. The number of para-hydroxylation sites is 2. The van der Waals surface area contributed by atoms with Crippen LogP contribution in [-0.4, -0.2) is 15.0 Å². The summed E-state index contributed by atoms with van der Waals surface area (Å²) in [5, 5.41) is 4.33. The highest BCUT2D eigenvalue weighted by atomic mass is 16.3. The van der Waals surface area contributed by atoms with Gasteiger partial charge in [-0.1, -0.05) is 66.7 Å². The van der Waals surface area contributed by atoms with Crippen molar-refractivity contribution >= 4 is 43.9 Å². The van der Waals surface area contributed by atoms with Gasteiger partial charge in [0.25, 0.3) is 0 Å². The number of fused-ring (bicyclic) bond motifs is 6. The fourth-order valence-electron chi connectivity index (χ4n) is 4.54. The van der Waals surface area contributed by atoms with Crippen molar-refractivity contribution in [2.45, 2.75) is 0 Å². The third kappa shape index (κ3) is 2.50. The van der Waals surface area contributed by atoms with E-state index < -0.39 is 0 Å². The van der Waals surface area contributed by atoms with E-state index in [2.05, 4.69) is 59.6 Å². The maximum atomic E-state index is 6.16. The van der Waals surface area contributed by atoms with Crippen molar-refractivity contribution in [3.8, 4) is 22.6 Å². The summed E-state index contributed by atoms with van der Waals surface area (Å²) in [6, 6.07) is 32.9. The van der Waals surface area contributed by atoms with Crippen LogP contribution in [0, 0.1) is 0 Å². The molecule has 3 aromatic heterocycles. The Hall–Kier alpha value is -4.44. The van der Waals surface area contributed by atoms with Crippen molar-refractivity contribution in [2.75, 3.05) is 0 Å². The molecule has 1 N–H and O–H groups in total. The number of H-pyrrole nitrogens is 1. The number of aromatic amines is 1. The van der Waals surface area contributed by atoms with Crippen LogP contribution in [0.5, 0.6) is 0 Å². The Morgan fingerprint density at radius 1 is 0.594 bits per heavy atom. The molecular weight excluding hydrogens is 394 g/mol. The van der Waals surface area contributed by atoms with Gasteiger partial charge in [0.1, 0.15) is 5.58 Å². The van der Waals surface area contributed by atoms with Crippen molar-refractivity contribution in [2.24, 2.45) is 0 Å². The van der Waals surface area contributed by atoms with Crippen LogP contribution in [0.25, 0.3) is 66.5 Å². The molecule has 0 saturated carbocycles. The highest BCUT2D eigenvalue weighted by Crippen LogP contribution is 2.37. The Morgan fingerprint density at radius 2 is 1.34 bits per heavy atom. The van der Waals surface area contributed by atoms with Crippen LogP contribution in [0.4, 0.5) is 0 Å². The lowest BCUT2D eigenvalue weighted by atomic mass is 10.0. The number of rotatable bonds is 2. The molecule has 0 radical (unpaired) electrons. The standard InChI is InChI=1S/C28H17N3O/c1-2-8-17(9-3-1)26-25-20-11-5-7-13-24(20)32-28(25)31-27(30-26)18-14-15-23-21(16-18)19-10-4-6-12-22(19)29-23/h1-16,29H. The van der Waals surface area contributed by atoms with Crippen LogP contribution >= 0.6 is 0 Å². The van der Waals surface area contributed by atoms with E-state index in [1.807, 2.05) is 42.5 Å². The second-order valence-corrected chi connectivity index (χ2v) is 7.97. The molecule has 150 valence electrons. The zero-order valence-electron chi connectivity index (χ0n) is 17.0. The molecule has 32 heavy (non-hydrogen) atoms. The Balaban J connectivity index is 1.54. The Kier molecular flexibility index (Phi) is 3.52. The minimum Gasteiger partial charge on any atom is -0.438 e. The Labute approximate surface area is 183 Å². The average molecular weight is 411 g/mol. The zero-order valence-corrected chi connectivity index (χ0v) is 17.0. The highest BCUT2D eigenvalue weighted by molar-refractivity contribution is 6.11. The van der Waals surface area contributed by atoms with E-state index in [1.54, 1.807) is 0 Å². The van der Waals surface area contributed by atoms with Gasteiger partial charge in [0, 0.05) is 38.3 Å². The summed E-state index contributed by atoms with van der Waals surface area (Å²) in [6.07, 6.45) is 0. The molecule has 0 aliphatic carbocycles. The number of nitrogens with zero attached hydrogens (tertiary/aromatic N) is 2. The molecule has 0 atom stereocenters. The molecular formula is C28H17N3O. The van der Waals surface area contributed by atoms with Gasteiger partial charge in [-0.05, 0) is 30.3 Å². The quantitative estimate of drug-likeness (QED) is 0.324. The van der Waals surface area contributed by atoms with Gasteiger partial charge in [-0.3, -0.25) is 0 Å². The van der Waals surface area contributed by atoms with Gasteiger partial charge in [0.15, 0.2) is 5.82 Å². The zero-order chi connectivity index (χ0) is 21.1. The molecule has 4 aromatic carbocycles. The summed E-state index contributed by atoms with van der Waals surface area (Å²) in [6.45, 7) is 0. The predicted octanol–water partition coefficient (Wildman–Crippen LogP) is 7.34. The maximum absolute atomic E-state index is 6.16. The topological polar surface area (TPSA) is 54.7 Å². The van der Waals surface area contributed by atoms with Crippen LogP contribution in [0.3, 0.4) is 0 Å². The number of benzene rings is 4. The van der Waals surface area contributed by atoms with Crippen LogP contribution in [-0.2, 0) is 0 Å². The Morgan fingerprint density at radius 3 is 2.25 bits per heavy atom. The molecule has 0 amide bonds. The molecule has 0 fully saturated rings. The molecule has 4 heteroatoms.